The van der Waals surface area contributed by atoms with Crippen LogP contribution < -0.4 is 27.0 Å². The van der Waals surface area contributed by atoms with Crippen molar-refractivity contribution in [2.75, 3.05) is 13.1 Å². The van der Waals surface area contributed by atoms with Crippen LogP contribution in [0.5, 0.6) is 5.75 Å². The number of aliphatic carboxylic acids is 1. The Balaban J connectivity index is 1.67. The predicted octanol–water partition coefficient (Wildman–Crippen LogP) is -2.09. The summed E-state index contributed by atoms with van der Waals surface area (Å²) in [7, 11) is 0. The average Bonchev–Trinajstić information content (AvgIpc) is 3.74. The summed E-state index contributed by atoms with van der Waals surface area (Å²) in [5.74, 6) is -5.06. The molecule has 1 saturated heterocycles. The monoisotopic (exact) mass is 672 g/mol. The second-order valence-corrected chi connectivity index (χ2v) is 12.1. The van der Waals surface area contributed by atoms with E-state index >= 15 is 0 Å². The highest BCUT2D eigenvalue weighted by molar-refractivity contribution is 5.96. The topological polar surface area (TPSA) is 269 Å². The van der Waals surface area contributed by atoms with Gasteiger partial charge in [0.25, 0.3) is 0 Å². The lowest BCUT2D eigenvalue weighted by Gasteiger charge is -2.30. The highest BCUT2D eigenvalue weighted by Crippen LogP contribution is 2.20. The zero-order chi connectivity index (χ0) is 35.5. The van der Waals surface area contributed by atoms with Crippen molar-refractivity contribution in [3.05, 3.63) is 48.0 Å². The van der Waals surface area contributed by atoms with E-state index in [1.165, 1.54) is 48.6 Å². The number of H-pyrrole nitrogens is 1. The first kappa shape index (κ1) is 37.4. The number of imidazole rings is 1. The van der Waals surface area contributed by atoms with Crippen molar-refractivity contribution in [1.82, 2.24) is 36.1 Å². The zero-order valence-corrected chi connectivity index (χ0v) is 27.0. The first-order chi connectivity index (χ1) is 22.7. The van der Waals surface area contributed by atoms with Gasteiger partial charge in [-0.1, -0.05) is 26.0 Å². The largest absolute Gasteiger partial charge is 0.508 e. The van der Waals surface area contributed by atoms with Gasteiger partial charge in [0, 0.05) is 31.3 Å². The second kappa shape index (κ2) is 17.2. The Morgan fingerprint density at radius 2 is 1.69 bits per heavy atom. The molecule has 2 heterocycles. The number of carboxylic acid groups (broad SMARTS) is 1. The van der Waals surface area contributed by atoms with Crippen LogP contribution >= 0.6 is 0 Å². The number of rotatable bonds is 16. The van der Waals surface area contributed by atoms with Crippen molar-refractivity contribution in [2.45, 2.75) is 82.8 Å². The molecule has 6 atom stereocenters. The fourth-order valence-electron chi connectivity index (χ4n) is 5.14. The third kappa shape index (κ3) is 10.5. The van der Waals surface area contributed by atoms with Gasteiger partial charge in [-0.3, -0.25) is 24.0 Å². The van der Waals surface area contributed by atoms with Crippen molar-refractivity contribution in [1.29, 1.82) is 0 Å². The number of aromatic amines is 1. The number of aromatic hydroxyl groups is 1. The minimum atomic E-state index is -1.43. The number of aliphatic hydroxyl groups excluding tert-OH is 1. The van der Waals surface area contributed by atoms with Gasteiger partial charge in [-0.15, -0.1) is 0 Å². The number of hydrogen-bond donors (Lipinski definition) is 9. The molecule has 0 aliphatic carbocycles. The second-order valence-electron chi connectivity index (χ2n) is 12.1. The van der Waals surface area contributed by atoms with Crippen LogP contribution in [0.15, 0.2) is 36.8 Å². The minimum absolute atomic E-state index is 0.00608. The Morgan fingerprint density at radius 3 is 2.27 bits per heavy atom. The normalized spacial score (nSPS) is 17.5. The van der Waals surface area contributed by atoms with Gasteiger partial charge in [0.05, 0.1) is 25.0 Å². The number of hydrogen-bond acceptors (Lipinski definition) is 10. The number of likely N-dealkylation sites (tertiary alicyclic amines) is 1. The maximum Gasteiger partial charge on any atom is 0.326 e. The molecule has 0 bridgehead atoms. The van der Waals surface area contributed by atoms with Crippen molar-refractivity contribution >= 4 is 35.5 Å². The van der Waals surface area contributed by atoms with Gasteiger partial charge < -0.3 is 52.2 Å². The molecule has 5 amide bonds. The summed E-state index contributed by atoms with van der Waals surface area (Å²) < 4.78 is 0. The number of carbonyl (C=O) groups excluding carboxylic acids is 5. The molecule has 1 aliphatic heterocycles. The summed E-state index contributed by atoms with van der Waals surface area (Å²) in [6.07, 6.45) is 2.11. The van der Waals surface area contributed by atoms with Crippen LogP contribution in [0.2, 0.25) is 0 Å². The van der Waals surface area contributed by atoms with Crippen LogP contribution in [0.3, 0.4) is 0 Å². The predicted molar refractivity (Wildman–Crippen MR) is 170 cm³/mol. The molecule has 17 nitrogen and oxygen atoms in total. The van der Waals surface area contributed by atoms with E-state index in [0.29, 0.717) is 17.7 Å². The average molecular weight is 673 g/mol. The van der Waals surface area contributed by atoms with E-state index in [0.717, 1.165) is 0 Å². The third-order valence-electron chi connectivity index (χ3n) is 7.95. The summed E-state index contributed by atoms with van der Waals surface area (Å²) in [6.45, 7) is 4.37. The molecule has 262 valence electrons. The van der Waals surface area contributed by atoms with Gasteiger partial charge in [0.2, 0.25) is 29.5 Å². The van der Waals surface area contributed by atoms with Crippen LogP contribution in [0.25, 0.3) is 0 Å². The Bertz CT molecular complexity index is 1430. The highest BCUT2D eigenvalue weighted by atomic mass is 16.4. The molecule has 1 fully saturated rings. The van der Waals surface area contributed by atoms with E-state index in [1.807, 2.05) is 0 Å². The van der Waals surface area contributed by atoms with Crippen LogP contribution in [0, 0.1) is 5.92 Å². The molecule has 1 aromatic heterocycles. The minimum Gasteiger partial charge on any atom is -0.508 e. The number of phenolic OH excluding ortho intramolecular Hbond substituents is 1. The number of benzene rings is 1. The maximum absolute atomic E-state index is 13.9. The molecule has 0 saturated carbocycles. The molecule has 0 spiro atoms. The first-order valence-corrected chi connectivity index (χ1v) is 15.6. The summed E-state index contributed by atoms with van der Waals surface area (Å²) in [5.41, 5.74) is 6.95. The van der Waals surface area contributed by atoms with Crippen molar-refractivity contribution in [2.24, 2.45) is 11.7 Å². The molecule has 48 heavy (non-hydrogen) atoms. The van der Waals surface area contributed by atoms with Gasteiger partial charge in [-0.25, -0.2) is 9.78 Å². The van der Waals surface area contributed by atoms with Gasteiger partial charge in [-0.2, -0.15) is 0 Å². The molecule has 6 unspecified atom stereocenters. The van der Waals surface area contributed by atoms with Crippen LogP contribution in [0.4, 0.5) is 0 Å². The number of nitrogens with one attached hydrogen (secondary N) is 5. The van der Waals surface area contributed by atoms with E-state index in [9.17, 15) is 44.1 Å². The quantitative estimate of drug-likeness (QED) is 0.0933. The van der Waals surface area contributed by atoms with Gasteiger partial charge in [0.1, 0.15) is 29.9 Å². The lowest BCUT2D eigenvalue weighted by Crippen LogP contribution is -2.61. The summed E-state index contributed by atoms with van der Waals surface area (Å²) in [4.78, 5) is 85.4. The molecule has 10 N–H and O–H groups in total. The van der Waals surface area contributed by atoms with Crippen molar-refractivity contribution in [3.8, 4) is 5.75 Å². The number of nitrogens with zero attached hydrogens (tertiary/aromatic N) is 2. The number of aliphatic hydroxyl groups is 1. The standard InChI is InChI=1S/C31H44N8O9/c1-16(2)25(32)28(44)38-26(17(3)40)29(45)37-21(12-19-13-33-15-35-19)30(46)39-10-4-5-23(39)27(43)34-14-24(42)36-22(31(47)48)11-18-6-8-20(41)9-7-18/h6-9,13,15-17,21-23,25-26,40-41H,4-5,10-12,14,32H2,1-3H3,(H,33,35)(H,34,43)(H,36,42)(H,37,45)(H,38,44)(H,47,48). The zero-order valence-electron chi connectivity index (χ0n) is 27.0. The van der Waals surface area contributed by atoms with E-state index in [-0.39, 0.29) is 37.5 Å². The number of carboxylic acids is 1. The fraction of sp³-hybridized carbons (Fsp3) is 0.516. The Kier molecular flexibility index (Phi) is 13.4. The maximum atomic E-state index is 13.9. The number of phenols is 1. The van der Waals surface area contributed by atoms with E-state index in [4.69, 9.17) is 5.73 Å². The highest BCUT2D eigenvalue weighted by Gasteiger charge is 2.39. The summed E-state index contributed by atoms with van der Waals surface area (Å²) in [6, 6.07) is -0.0666. The number of amides is 5. The molecule has 2 aromatic rings. The molecular formula is C31H44N8O9. The van der Waals surface area contributed by atoms with Gasteiger partial charge in [-0.05, 0) is 43.4 Å². The van der Waals surface area contributed by atoms with Crippen LogP contribution in [-0.4, -0.2) is 115 Å². The van der Waals surface area contributed by atoms with E-state index < -0.39 is 78.4 Å². The summed E-state index contributed by atoms with van der Waals surface area (Å²) >= 11 is 0. The van der Waals surface area contributed by atoms with Crippen molar-refractivity contribution in [3.63, 3.8) is 0 Å². The molecule has 1 aliphatic rings. The lowest BCUT2D eigenvalue weighted by molar-refractivity contribution is -0.143. The SMILES string of the molecule is CC(C)C(N)C(=O)NC(C(=O)NC(Cc1cnc[nH]1)C(=O)N1CCCC1C(=O)NCC(=O)NC(Cc1ccc(O)cc1)C(=O)O)C(C)O. The smallest absolute Gasteiger partial charge is 0.326 e. The summed E-state index contributed by atoms with van der Waals surface area (Å²) in [5, 5.41) is 39.2. The Labute approximate surface area is 277 Å². The number of aromatic nitrogens is 2. The Morgan fingerprint density at radius 1 is 1.00 bits per heavy atom. The molecule has 17 heteroatoms. The van der Waals surface area contributed by atoms with E-state index in [1.54, 1.807) is 13.8 Å². The molecular weight excluding hydrogens is 628 g/mol. The molecule has 0 radical (unpaired) electrons. The number of carbonyl (C=O) groups is 6. The molecule has 1 aromatic carbocycles. The Hall–Kier alpha value is -5.03. The first-order valence-electron chi connectivity index (χ1n) is 15.6. The number of nitrogens with two attached hydrogens (primary N) is 1. The van der Waals surface area contributed by atoms with Crippen LogP contribution in [-0.2, 0) is 41.6 Å². The fourth-order valence-corrected chi connectivity index (χ4v) is 5.14. The van der Waals surface area contributed by atoms with Crippen molar-refractivity contribution < 1.29 is 44.1 Å². The van der Waals surface area contributed by atoms with Crippen LogP contribution in [0.1, 0.15) is 44.9 Å². The lowest BCUT2D eigenvalue weighted by atomic mass is 10.0. The van der Waals surface area contributed by atoms with Gasteiger partial charge >= 0.3 is 5.97 Å². The molecule has 3 rings (SSSR count). The van der Waals surface area contributed by atoms with E-state index in [2.05, 4.69) is 31.2 Å². The third-order valence-corrected chi connectivity index (χ3v) is 7.95. The van der Waals surface area contributed by atoms with Gasteiger partial charge in [0.15, 0.2) is 0 Å².